The average Bonchev–Trinajstić information content (AvgIpc) is 2.29. The lowest BCUT2D eigenvalue weighted by Gasteiger charge is -2.07. The molecule has 1 aromatic heterocycles. The summed E-state index contributed by atoms with van der Waals surface area (Å²) in [6.45, 7) is 1.93. The van der Waals surface area contributed by atoms with Crippen molar-refractivity contribution in [2.24, 2.45) is 0 Å². The third kappa shape index (κ3) is 2.87. The standard InChI is InChI=1S/C12H11ClIN3/c1-7-11(14)12(15)17-10(16-7)6-8-4-2-3-5-9(8)13/h2-5H,6H2,1H3,(H2,15,16,17). The average molecular weight is 360 g/mol. The van der Waals surface area contributed by atoms with Crippen molar-refractivity contribution in [2.75, 3.05) is 5.73 Å². The minimum absolute atomic E-state index is 0.528. The van der Waals surface area contributed by atoms with Crippen LogP contribution in [0.15, 0.2) is 24.3 Å². The van der Waals surface area contributed by atoms with Crippen LogP contribution in [0, 0.1) is 10.5 Å². The van der Waals surface area contributed by atoms with Gasteiger partial charge in [0.25, 0.3) is 0 Å². The van der Waals surface area contributed by atoms with E-state index in [1.807, 2.05) is 31.2 Å². The van der Waals surface area contributed by atoms with Crippen LogP contribution < -0.4 is 5.73 Å². The van der Waals surface area contributed by atoms with Crippen LogP contribution in [0.1, 0.15) is 17.1 Å². The van der Waals surface area contributed by atoms with E-state index in [0.29, 0.717) is 18.1 Å². The molecule has 1 heterocycles. The molecule has 1 aromatic carbocycles. The Morgan fingerprint density at radius 3 is 2.65 bits per heavy atom. The molecule has 0 unspecified atom stereocenters. The van der Waals surface area contributed by atoms with E-state index in [2.05, 4.69) is 32.6 Å². The summed E-state index contributed by atoms with van der Waals surface area (Å²) in [6.07, 6.45) is 0.599. The van der Waals surface area contributed by atoms with Crippen LogP contribution in [0.5, 0.6) is 0 Å². The Hall–Kier alpha value is -0.880. The fourth-order valence-electron chi connectivity index (χ4n) is 1.53. The fourth-order valence-corrected chi connectivity index (χ4v) is 1.98. The molecule has 2 rings (SSSR count). The number of aromatic nitrogens is 2. The van der Waals surface area contributed by atoms with Gasteiger partial charge in [-0.3, -0.25) is 0 Å². The van der Waals surface area contributed by atoms with Gasteiger partial charge in [-0.15, -0.1) is 0 Å². The molecule has 2 N–H and O–H groups in total. The Labute approximate surface area is 119 Å². The molecule has 0 fully saturated rings. The first kappa shape index (κ1) is 12.6. The van der Waals surface area contributed by atoms with Crippen LogP contribution in [0.4, 0.5) is 5.82 Å². The quantitative estimate of drug-likeness (QED) is 0.838. The van der Waals surface area contributed by atoms with Crippen molar-refractivity contribution in [1.29, 1.82) is 0 Å². The van der Waals surface area contributed by atoms with Crippen molar-refractivity contribution in [3.05, 3.63) is 49.9 Å². The largest absolute Gasteiger partial charge is 0.383 e. The van der Waals surface area contributed by atoms with Gasteiger partial charge in [0.15, 0.2) is 0 Å². The van der Waals surface area contributed by atoms with Crippen molar-refractivity contribution in [3.63, 3.8) is 0 Å². The van der Waals surface area contributed by atoms with Crippen molar-refractivity contribution in [2.45, 2.75) is 13.3 Å². The van der Waals surface area contributed by atoms with Crippen molar-refractivity contribution < 1.29 is 0 Å². The summed E-state index contributed by atoms with van der Waals surface area (Å²) in [5, 5.41) is 0.728. The number of hydrogen-bond acceptors (Lipinski definition) is 3. The molecule has 0 spiro atoms. The third-order valence-electron chi connectivity index (χ3n) is 2.40. The first-order valence-electron chi connectivity index (χ1n) is 5.10. The lowest BCUT2D eigenvalue weighted by Crippen LogP contribution is -2.05. The van der Waals surface area contributed by atoms with E-state index in [9.17, 15) is 0 Å². The monoisotopic (exact) mass is 359 g/mol. The van der Waals surface area contributed by atoms with Crippen molar-refractivity contribution in [3.8, 4) is 0 Å². The van der Waals surface area contributed by atoms with Crippen LogP contribution >= 0.6 is 34.2 Å². The van der Waals surface area contributed by atoms with Gasteiger partial charge in [0.2, 0.25) is 0 Å². The van der Waals surface area contributed by atoms with Gasteiger partial charge in [-0.2, -0.15) is 0 Å². The zero-order valence-corrected chi connectivity index (χ0v) is 12.2. The first-order valence-corrected chi connectivity index (χ1v) is 6.55. The highest BCUT2D eigenvalue weighted by Gasteiger charge is 2.08. The second-order valence-corrected chi connectivity index (χ2v) is 5.18. The van der Waals surface area contributed by atoms with Crippen molar-refractivity contribution >= 4 is 40.0 Å². The molecule has 17 heavy (non-hydrogen) atoms. The summed E-state index contributed by atoms with van der Waals surface area (Å²) in [6, 6.07) is 7.68. The van der Waals surface area contributed by atoms with E-state index >= 15 is 0 Å². The first-order chi connectivity index (χ1) is 8.08. The van der Waals surface area contributed by atoms with Gasteiger partial charge < -0.3 is 5.73 Å². The number of halogens is 2. The molecule has 0 aliphatic heterocycles. The van der Waals surface area contributed by atoms with Crippen LogP contribution in [0.2, 0.25) is 5.02 Å². The molecule has 0 saturated heterocycles. The molecule has 5 heteroatoms. The third-order valence-corrected chi connectivity index (χ3v) is 4.10. The molecule has 0 aliphatic rings. The second-order valence-electron chi connectivity index (χ2n) is 3.69. The maximum atomic E-state index is 6.10. The summed E-state index contributed by atoms with van der Waals surface area (Å²) in [5.41, 5.74) is 7.73. The second kappa shape index (κ2) is 5.18. The SMILES string of the molecule is Cc1nc(Cc2ccccc2Cl)nc(N)c1I. The Morgan fingerprint density at radius 2 is 2.00 bits per heavy atom. The van der Waals surface area contributed by atoms with Crippen LogP contribution in [-0.2, 0) is 6.42 Å². The van der Waals surface area contributed by atoms with Gasteiger partial charge in [0.05, 0.1) is 9.26 Å². The number of nitrogens with two attached hydrogens (primary N) is 1. The van der Waals surface area contributed by atoms with Crippen LogP contribution in [-0.4, -0.2) is 9.97 Å². The lowest BCUT2D eigenvalue weighted by molar-refractivity contribution is 0.940. The van der Waals surface area contributed by atoms with E-state index < -0.39 is 0 Å². The van der Waals surface area contributed by atoms with E-state index in [4.69, 9.17) is 17.3 Å². The molecule has 0 atom stereocenters. The van der Waals surface area contributed by atoms with Gasteiger partial charge in [-0.05, 0) is 41.1 Å². The van der Waals surface area contributed by atoms with Crippen molar-refractivity contribution in [1.82, 2.24) is 9.97 Å². The highest BCUT2D eigenvalue weighted by molar-refractivity contribution is 14.1. The number of aryl methyl sites for hydroxylation is 1. The molecule has 0 amide bonds. The predicted octanol–water partition coefficient (Wildman–Crippen LogP) is 3.22. The molecule has 2 aromatic rings. The van der Waals surface area contributed by atoms with Gasteiger partial charge >= 0.3 is 0 Å². The van der Waals surface area contributed by atoms with E-state index in [1.54, 1.807) is 0 Å². The highest BCUT2D eigenvalue weighted by atomic mass is 127. The van der Waals surface area contributed by atoms with Crippen LogP contribution in [0.3, 0.4) is 0 Å². The smallest absolute Gasteiger partial charge is 0.140 e. The zero-order valence-electron chi connectivity index (χ0n) is 9.24. The summed E-state index contributed by atoms with van der Waals surface area (Å²) < 4.78 is 0.908. The molecule has 88 valence electrons. The number of nitrogen functional groups attached to an aromatic ring is 1. The number of nitrogens with zero attached hydrogens (tertiary/aromatic N) is 2. The minimum atomic E-state index is 0.528. The molecule has 0 radical (unpaired) electrons. The van der Waals surface area contributed by atoms with Gasteiger partial charge in [-0.25, -0.2) is 9.97 Å². The summed E-state index contributed by atoms with van der Waals surface area (Å²) >= 11 is 8.24. The molecule has 0 aliphatic carbocycles. The maximum Gasteiger partial charge on any atom is 0.140 e. The lowest BCUT2D eigenvalue weighted by atomic mass is 10.1. The number of hydrogen-bond donors (Lipinski definition) is 1. The number of benzene rings is 1. The van der Waals surface area contributed by atoms with Gasteiger partial charge in [-0.1, -0.05) is 29.8 Å². The number of anilines is 1. The summed E-state index contributed by atoms with van der Waals surface area (Å²) in [4.78, 5) is 8.68. The summed E-state index contributed by atoms with van der Waals surface area (Å²) in [5.74, 6) is 1.23. The molecule has 0 bridgehead atoms. The maximum absolute atomic E-state index is 6.10. The fraction of sp³-hybridized carbons (Fsp3) is 0.167. The minimum Gasteiger partial charge on any atom is -0.383 e. The molecule has 3 nitrogen and oxygen atoms in total. The Balaban J connectivity index is 2.34. The topological polar surface area (TPSA) is 51.8 Å². The molecule has 0 saturated carbocycles. The Kier molecular flexibility index (Phi) is 3.83. The normalized spacial score (nSPS) is 10.5. The Morgan fingerprint density at radius 1 is 1.29 bits per heavy atom. The van der Waals surface area contributed by atoms with E-state index in [-0.39, 0.29) is 0 Å². The zero-order chi connectivity index (χ0) is 12.4. The summed E-state index contributed by atoms with van der Waals surface area (Å²) in [7, 11) is 0. The van der Waals surface area contributed by atoms with E-state index in [0.717, 1.165) is 19.9 Å². The van der Waals surface area contributed by atoms with Gasteiger partial charge in [0.1, 0.15) is 11.6 Å². The van der Waals surface area contributed by atoms with E-state index in [1.165, 1.54) is 0 Å². The van der Waals surface area contributed by atoms with Crippen LogP contribution in [0.25, 0.3) is 0 Å². The number of rotatable bonds is 2. The predicted molar refractivity (Wildman–Crippen MR) is 78.2 cm³/mol. The highest BCUT2D eigenvalue weighted by Crippen LogP contribution is 2.20. The Bertz CT molecular complexity index is 534. The molecular formula is C12H11ClIN3. The molecular weight excluding hydrogens is 349 g/mol. The van der Waals surface area contributed by atoms with Gasteiger partial charge in [0, 0.05) is 11.4 Å².